The molecule has 0 spiro atoms. The second kappa shape index (κ2) is 8.32. The van der Waals surface area contributed by atoms with Crippen molar-refractivity contribution in [2.24, 2.45) is 0 Å². The van der Waals surface area contributed by atoms with Crippen LogP contribution in [0.25, 0.3) is 11.0 Å². The second-order valence-corrected chi connectivity index (χ2v) is 8.93. The molecule has 1 aromatic heterocycles. The third-order valence-corrected chi connectivity index (χ3v) is 6.33. The Balaban J connectivity index is 1.70. The smallest absolute Gasteiger partial charge is 0.375 e. The quantitative estimate of drug-likeness (QED) is 0.694. The Morgan fingerprint density at radius 2 is 2.07 bits per heavy atom. The number of para-hydroxylation sites is 1. The molecular formula is C19H23NO7S. The molecule has 1 saturated heterocycles. The van der Waals surface area contributed by atoms with Crippen LogP contribution in [0.2, 0.25) is 0 Å². The molecule has 2 heterocycles. The highest BCUT2D eigenvalue weighted by molar-refractivity contribution is 7.91. The molecule has 2 atom stereocenters. The molecule has 8 nitrogen and oxygen atoms in total. The van der Waals surface area contributed by atoms with Crippen LogP contribution >= 0.6 is 0 Å². The third kappa shape index (κ3) is 4.53. The van der Waals surface area contributed by atoms with E-state index >= 15 is 0 Å². The number of carbonyl (C=O) groups is 2. The van der Waals surface area contributed by atoms with Crippen LogP contribution in [0, 0.1) is 0 Å². The molecule has 1 amide bonds. The van der Waals surface area contributed by atoms with Crippen LogP contribution in [0.15, 0.2) is 28.7 Å². The lowest BCUT2D eigenvalue weighted by Crippen LogP contribution is -2.42. The average molecular weight is 409 g/mol. The minimum Gasteiger partial charge on any atom is -0.449 e. The van der Waals surface area contributed by atoms with Crippen molar-refractivity contribution in [3.05, 3.63) is 35.6 Å². The first-order valence-corrected chi connectivity index (χ1v) is 10.9. The molecule has 152 valence electrons. The number of benzene rings is 1. The van der Waals surface area contributed by atoms with E-state index in [0.29, 0.717) is 24.2 Å². The summed E-state index contributed by atoms with van der Waals surface area (Å²) in [6, 6.07) is 6.71. The second-order valence-electron chi connectivity index (χ2n) is 6.70. The van der Waals surface area contributed by atoms with Crippen molar-refractivity contribution in [2.75, 3.05) is 18.1 Å². The van der Waals surface area contributed by atoms with E-state index in [0.717, 1.165) is 5.39 Å². The van der Waals surface area contributed by atoms with E-state index in [2.05, 4.69) is 5.32 Å². The van der Waals surface area contributed by atoms with E-state index in [1.54, 1.807) is 12.1 Å². The van der Waals surface area contributed by atoms with Crippen molar-refractivity contribution in [3.8, 4) is 0 Å². The van der Waals surface area contributed by atoms with Crippen LogP contribution in [-0.4, -0.2) is 50.6 Å². The summed E-state index contributed by atoms with van der Waals surface area (Å²) in [5.41, 5.74) is 1.09. The predicted molar refractivity (Wildman–Crippen MR) is 102 cm³/mol. The number of furan rings is 1. The van der Waals surface area contributed by atoms with E-state index in [1.807, 2.05) is 19.1 Å². The molecule has 9 heteroatoms. The van der Waals surface area contributed by atoms with Gasteiger partial charge in [0.25, 0.3) is 5.91 Å². The van der Waals surface area contributed by atoms with Gasteiger partial charge in [-0.15, -0.1) is 0 Å². The van der Waals surface area contributed by atoms with Crippen LogP contribution in [-0.2, 0) is 30.7 Å². The number of carbonyl (C=O) groups excluding carboxylic acids is 2. The molecule has 0 saturated carbocycles. The van der Waals surface area contributed by atoms with Crippen LogP contribution in [0.3, 0.4) is 0 Å². The molecule has 0 radical (unpaired) electrons. The summed E-state index contributed by atoms with van der Waals surface area (Å²) in [6.07, 6.45) is -0.736. The van der Waals surface area contributed by atoms with Crippen LogP contribution in [0.1, 0.15) is 36.4 Å². The molecule has 1 fully saturated rings. The lowest BCUT2D eigenvalue weighted by atomic mass is 10.1. The van der Waals surface area contributed by atoms with Gasteiger partial charge in [-0.3, -0.25) is 4.79 Å². The normalized spacial score (nSPS) is 19.4. The van der Waals surface area contributed by atoms with Gasteiger partial charge in [0.05, 0.1) is 18.1 Å². The monoisotopic (exact) mass is 409 g/mol. The van der Waals surface area contributed by atoms with E-state index in [-0.39, 0.29) is 23.9 Å². The Hall–Kier alpha value is -2.39. The zero-order chi connectivity index (χ0) is 20.3. The van der Waals surface area contributed by atoms with Gasteiger partial charge in [-0.25, -0.2) is 13.2 Å². The van der Waals surface area contributed by atoms with Gasteiger partial charge >= 0.3 is 5.97 Å². The fraction of sp³-hybridized carbons (Fsp3) is 0.474. The number of sulfone groups is 1. The Kier molecular flexibility index (Phi) is 6.04. The molecule has 3 rings (SSSR count). The van der Waals surface area contributed by atoms with Gasteiger partial charge in [0.1, 0.15) is 5.58 Å². The fourth-order valence-electron chi connectivity index (χ4n) is 3.11. The van der Waals surface area contributed by atoms with E-state index in [4.69, 9.17) is 13.9 Å². The van der Waals surface area contributed by atoms with Gasteiger partial charge in [-0.2, -0.15) is 0 Å². The zero-order valence-electron chi connectivity index (χ0n) is 15.8. The third-order valence-electron chi connectivity index (χ3n) is 4.57. The number of esters is 1. The number of rotatable bonds is 7. The van der Waals surface area contributed by atoms with Gasteiger partial charge in [0, 0.05) is 23.6 Å². The maximum absolute atomic E-state index is 12.6. The van der Waals surface area contributed by atoms with E-state index in [9.17, 15) is 18.0 Å². The maximum Gasteiger partial charge on any atom is 0.375 e. The van der Waals surface area contributed by atoms with Crippen molar-refractivity contribution < 1.29 is 31.9 Å². The summed E-state index contributed by atoms with van der Waals surface area (Å²) < 4.78 is 39.3. The highest BCUT2D eigenvalue weighted by Gasteiger charge is 2.31. The molecule has 1 aliphatic heterocycles. The van der Waals surface area contributed by atoms with Crippen LogP contribution < -0.4 is 5.32 Å². The Morgan fingerprint density at radius 1 is 1.32 bits per heavy atom. The Bertz CT molecular complexity index is 979. The van der Waals surface area contributed by atoms with Crippen molar-refractivity contribution in [2.45, 2.75) is 39.0 Å². The molecule has 0 aliphatic carbocycles. The number of ether oxygens (including phenoxy) is 2. The average Bonchev–Trinajstić information content (AvgIpc) is 3.19. The minimum absolute atomic E-state index is 0.00209. The summed E-state index contributed by atoms with van der Waals surface area (Å²) in [4.78, 5) is 24.9. The SMILES string of the molecule is CCOCc1c(C(=O)O[C@@H](C)C(=O)N[C@@H]2CCS(=O)(=O)C2)oc2ccccc12. The zero-order valence-corrected chi connectivity index (χ0v) is 16.6. The van der Waals surface area contributed by atoms with Crippen LogP contribution in [0.4, 0.5) is 0 Å². The number of hydrogen-bond acceptors (Lipinski definition) is 7. The van der Waals surface area contributed by atoms with Gasteiger partial charge in [-0.1, -0.05) is 18.2 Å². The largest absolute Gasteiger partial charge is 0.449 e. The van der Waals surface area contributed by atoms with Gasteiger partial charge in [-0.05, 0) is 26.3 Å². The summed E-state index contributed by atoms with van der Waals surface area (Å²) >= 11 is 0. The maximum atomic E-state index is 12.6. The Labute approximate surface area is 163 Å². The molecule has 1 aromatic carbocycles. The van der Waals surface area contributed by atoms with Gasteiger partial charge in [0.15, 0.2) is 15.9 Å². The fourth-order valence-corrected chi connectivity index (χ4v) is 4.78. The van der Waals surface area contributed by atoms with E-state index in [1.165, 1.54) is 6.92 Å². The highest BCUT2D eigenvalue weighted by atomic mass is 32.2. The molecule has 1 aliphatic rings. The van der Waals surface area contributed by atoms with E-state index < -0.39 is 33.9 Å². The Morgan fingerprint density at radius 3 is 2.75 bits per heavy atom. The number of nitrogens with one attached hydrogen (secondary N) is 1. The highest BCUT2D eigenvalue weighted by Crippen LogP contribution is 2.27. The summed E-state index contributed by atoms with van der Waals surface area (Å²) in [5, 5.41) is 3.36. The molecule has 1 N–H and O–H groups in total. The first-order valence-electron chi connectivity index (χ1n) is 9.10. The summed E-state index contributed by atoms with van der Waals surface area (Å²) in [6.45, 7) is 3.92. The summed E-state index contributed by atoms with van der Waals surface area (Å²) in [5.74, 6) is -1.36. The van der Waals surface area contributed by atoms with Crippen molar-refractivity contribution >= 4 is 32.7 Å². The number of hydrogen-bond donors (Lipinski definition) is 1. The first kappa shape index (κ1) is 20.3. The van der Waals surface area contributed by atoms with Crippen molar-refractivity contribution in [1.82, 2.24) is 5.32 Å². The van der Waals surface area contributed by atoms with Gasteiger partial charge in [0.2, 0.25) is 5.76 Å². The molecule has 28 heavy (non-hydrogen) atoms. The number of amides is 1. The van der Waals surface area contributed by atoms with Gasteiger partial charge < -0.3 is 19.2 Å². The minimum atomic E-state index is -3.11. The van der Waals surface area contributed by atoms with Crippen LogP contribution in [0.5, 0.6) is 0 Å². The topological polar surface area (TPSA) is 112 Å². The molecule has 2 aromatic rings. The number of fused-ring (bicyclic) bond motifs is 1. The first-order chi connectivity index (χ1) is 13.3. The lowest BCUT2D eigenvalue weighted by molar-refractivity contribution is -0.129. The molecular weight excluding hydrogens is 386 g/mol. The molecule has 0 unspecified atom stereocenters. The summed E-state index contributed by atoms with van der Waals surface area (Å²) in [7, 11) is -3.11. The standard InChI is InChI=1S/C19H23NO7S/c1-3-25-10-15-14-6-4-5-7-16(14)27-17(15)19(22)26-12(2)18(21)20-13-8-9-28(23,24)11-13/h4-7,12-13H,3,8-11H2,1-2H3,(H,20,21)/t12-,13+/m0/s1. The van der Waals surface area contributed by atoms with Crippen molar-refractivity contribution in [1.29, 1.82) is 0 Å². The molecule has 0 bridgehead atoms. The predicted octanol–water partition coefficient (Wildman–Crippen LogP) is 1.82. The lowest BCUT2D eigenvalue weighted by Gasteiger charge is -2.16. The van der Waals surface area contributed by atoms with Crippen molar-refractivity contribution in [3.63, 3.8) is 0 Å².